The van der Waals surface area contributed by atoms with Crippen molar-refractivity contribution in [2.75, 3.05) is 6.61 Å². The molecule has 1 aromatic rings. The average Bonchev–Trinajstić information content (AvgIpc) is 2.36. The number of hydrogen-bond donors (Lipinski definition) is 3. The highest BCUT2D eigenvalue weighted by atomic mass is 19.1. The van der Waals surface area contributed by atoms with E-state index in [1.165, 1.54) is 0 Å². The van der Waals surface area contributed by atoms with E-state index in [9.17, 15) is 23.2 Å². The molecule has 0 saturated heterocycles. The predicted molar refractivity (Wildman–Crippen MR) is 65.2 cm³/mol. The maximum atomic E-state index is 13.2. The fraction of sp³-hybridized carbons (Fsp3) is 0.250. The van der Waals surface area contributed by atoms with Gasteiger partial charge in [-0.2, -0.15) is 0 Å². The molecule has 1 rings (SSSR count). The van der Waals surface area contributed by atoms with Crippen molar-refractivity contribution in [2.24, 2.45) is 5.73 Å². The zero-order valence-electron chi connectivity index (χ0n) is 10.6. The molecular weight excluding hydrogens is 290 g/mol. The lowest BCUT2D eigenvalue weighted by atomic mass is 10.2. The van der Waals surface area contributed by atoms with Crippen LogP contribution in [0.2, 0.25) is 0 Å². The Labute approximate surface area is 117 Å². The number of ether oxygens (including phenoxy) is 1. The number of carboxylic acids is 1. The summed E-state index contributed by atoms with van der Waals surface area (Å²) in [5.41, 5.74) is 4.84. The molecule has 0 aromatic heterocycles. The van der Waals surface area contributed by atoms with E-state index in [0.717, 1.165) is 12.1 Å². The number of aliphatic carboxylic acids is 1. The third-order valence-corrected chi connectivity index (χ3v) is 2.29. The third-order valence-electron chi connectivity index (χ3n) is 2.29. The Morgan fingerprint density at radius 1 is 1.33 bits per heavy atom. The summed E-state index contributed by atoms with van der Waals surface area (Å²) in [5.74, 6) is -5.43. The first-order valence-corrected chi connectivity index (χ1v) is 5.68. The van der Waals surface area contributed by atoms with Gasteiger partial charge in [0.2, 0.25) is 5.91 Å². The van der Waals surface area contributed by atoms with Gasteiger partial charge < -0.3 is 20.9 Å². The number of carbonyl (C=O) groups excluding carboxylic acids is 2. The van der Waals surface area contributed by atoms with Crippen LogP contribution < -0.4 is 15.8 Å². The molecule has 0 aliphatic carbocycles. The first-order valence-electron chi connectivity index (χ1n) is 5.68. The number of primary amides is 1. The van der Waals surface area contributed by atoms with Crippen LogP contribution in [-0.4, -0.2) is 35.5 Å². The normalized spacial score (nSPS) is 11.5. The van der Waals surface area contributed by atoms with Gasteiger partial charge in [0, 0.05) is 6.07 Å². The first-order chi connectivity index (χ1) is 9.79. The molecule has 0 fully saturated rings. The van der Waals surface area contributed by atoms with E-state index in [1.807, 2.05) is 5.32 Å². The number of nitrogens with two attached hydrogens (primary N) is 1. The maximum absolute atomic E-state index is 13.2. The molecule has 0 aliphatic rings. The molecule has 1 aromatic carbocycles. The number of hydrogen-bond acceptors (Lipinski definition) is 4. The SMILES string of the molecule is NC(=O)CC(NC(=O)COc1ccc(F)cc1F)C(=O)O. The van der Waals surface area contributed by atoms with E-state index in [4.69, 9.17) is 15.6 Å². The van der Waals surface area contributed by atoms with Crippen LogP contribution in [-0.2, 0) is 14.4 Å². The summed E-state index contributed by atoms with van der Waals surface area (Å²) >= 11 is 0. The molecule has 0 radical (unpaired) electrons. The highest BCUT2D eigenvalue weighted by Crippen LogP contribution is 2.17. The second kappa shape index (κ2) is 7.17. The van der Waals surface area contributed by atoms with E-state index in [0.29, 0.717) is 6.07 Å². The second-order valence-electron chi connectivity index (χ2n) is 3.99. The van der Waals surface area contributed by atoms with Crippen LogP contribution in [0.5, 0.6) is 5.75 Å². The van der Waals surface area contributed by atoms with E-state index in [2.05, 4.69) is 0 Å². The van der Waals surface area contributed by atoms with Crippen LogP contribution in [0.3, 0.4) is 0 Å². The Hall–Kier alpha value is -2.71. The number of benzene rings is 1. The summed E-state index contributed by atoms with van der Waals surface area (Å²) in [6, 6.07) is 0.983. The number of carbonyl (C=O) groups is 3. The molecule has 0 heterocycles. The molecule has 9 heteroatoms. The van der Waals surface area contributed by atoms with Crippen molar-refractivity contribution in [1.82, 2.24) is 5.32 Å². The minimum Gasteiger partial charge on any atom is -0.481 e. The summed E-state index contributed by atoms with van der Waals surface area (Å²) < 4.78 is 30.6. The average molecular weight is 302 g/mol. The molecule has 2 amide bonds. The van der Waals surface area contributed by atoms with Gasteiger partial charge in [-0.3, -0.25) is 9.59 Å². The fourth-order valence-electron chi connectivity index (χ4n) is 1.37. The standard InChI is InChI=1S/C12H12F2N2O5/c13-6-1-2-9(7(14)3-6)21-5-11(18)16-8(12(19)20)4-10(15)17/h1-3,8H,4-5H2,(H2,15,17)(H,16,18)(H,19,20). The van der Waals surface area contributed by atoms with Crippen molar-refractivity contribution in [2.45, 2.75) is 12.5 Å². The van der Waals surface area contributed by atoms with Crippen molar-refractivity contribution in [1.29, 1.82) is 0 Å². The molecule has 1 atom stereocenters. The lowest BCUT2D eigenvalue weighted by molar-refractivity contribution is -0.143. The van der Waals surface area contributed by atoms with E-state index in [-0.39, 0.29) is 5.75 Å². The zero-order valence-corrected chi connectivity index (χ0v) is 10.6. The number of nitrogens with one attached hydrogen (secondary N) is 1. The Morgan fingerprint density at radius 2 is 2.00 bits per heavy atom. The topological polar surface area (TPSA) is 119 Å². The lowest BCUT2D eigenvalue weighted by Gasteiger charge is -2.13. The summed E-state index contributed by atoms with van der Waals surface area (Å²) in [4.78, 5) is 32.9. The van der Waals surface area contributed by atoms with Crippen LogP contribution >= 0.6 is 0 Å². The van der Waals surface area contributed by atoms with Crippen molar-refractivity contribution in [3.8, 4) is 5.75 Å². The van der Waals surface area contributed by atoms with Gasteiger partial charge in [-0.1, -0.05) is 0 Å². The van der Waals surface area contributed by atoms with Gasteiger partial charge in [-0.15, -0.1) is 0 Å². The Morgan fingerprint density at radius 3 is 2.52 bits per heavy atom. The molecule has 0 spiro atoms. The van der Waals surface area contributed by atoms with Gasteiger partial charge in [0.15, 0.2) is 18.2 Å². The van der Waals surface area contributed by atoms with E-state index in [1.54, 1.807) is 0 Å². The van der Waals surface area contributed by atoms with Crippen molar-refractivity contribution in [3.05, 3.63) is 29.8 Å². The van der Waals surface area contributed by atoms with Gasteiger partial charge >= 0.3 is 5.97 Å². The summed E-state index contributed by atoms with van der Waals surface area (Å²) in [6.07, 6.45) is -0.591. The van der Waals surface area contributed by atoms with Gasteiger partial charge in [0.05, 0.1) is 6.42 Å². The van der Waals surface area contributed by atoms with Gasteiger partial charge in [0.1, 0.15) is 11.9 Å². The Kier molecular flexibility index (Phi) is 5.58. The molecule has 0 aliphatic heterocycles. The number of carboxylic acid groups (broad SMARTS) is 1. The van der Waals surface area contributed by atoms with Crippen molar-refractivity contribution >= 4 is 17.8 Å². The Bertz CT molecular complexity index is 565. The van der Waals surface area contributed by atoms with Crippen LogP contribution in [0, 0.1) is 11.6 Å². The molecule has 7 nitrogen and oxygen atoms in total. The number of rotatable bonds is 7. The minimum absolute atomic E-state index is 0.367. The highest BCUT2D eigenvalue weighted by Gasteiger charge is 2.22. The van der Waals surface area contributed by atoms with Crippen LogP contribution in [0.15, 0.2) is 18.2 Å². The molecule has 114 valence electrons. The van der Waals surface area contributed by atoms with Crippen LogP contribution in [0.4, 0.5) is 8.78 Å². The molecule has 1 unspecified atom stereocenters. The monoisotopic (exact) mass is 302 g/mol. The number of halogens is 2. The molecule has 4 N–H and O–H groups in total. The summed E-state index contributed by atoms with van der Waals surface area (Å²) in [6.45, 7) is -0.703. The zero-order chi connectivity index (χ0) is 16.0. The largest absolute Gasteiger partial charge is 0.481 e. The molecular formula is C12H12F2N2O5. The molecule has 21 heavy (non-hydrogen) atoms. The first kappa shape index (κ1) is 16.3. The smallest absolute Gasteiger partial charge is 0.326 e. The lowest BCUT2D eigenvalue weighted by Crippen LogP contribution is -2.45. The summed E-state index contributed by atoms with van der Waals surface area (Å²) in [7, 11) is 0. The summed E-state index contributed by atoms with van der Waals surface area (Å²) in [5, 5.41) is 10.8. The van der Waals surface area contributed by atoms with Crippen LogP contribution in [0.1, 0.15) is 6.42 Å². The van der Waals surface area contributed by atoms with Crippen molar-refractivity contribution in [3.63, 3.8) is 0 Å². The molecule has 0 bridgehead atoms. The van der Waals surface area contributed by atoms with Gasteiger partial charge in [-0.05, 0) is 12.1 Å². The van der Waals surface area contributed by atoms with Crippen molar-refractivity contribution < 1.29 is 33.0 Å². The van der Waals surface area contributed by atoms with Gasteiger partial charge in [0.25, 0.3) is 5.91 Å². The van der Waals surface area contributed by atoms with Gasteiger partial charge in [-0.25, -0.2) is 13.6 Å². The van der Waals surface area contributed by atoms with Crippen LogP contribution in [0.25, 0.3) is 0 Å². The third kappa shape index (κ3) is 5.43. The second-order valence-corrected chi connectivity index (χ2v) is 3.99. The van der Waals surface area contributed by atoms with E-state index >= 15 is 0 Å². The minimum atomic E-state index is -1.50. The van der Waals surface area contributed by atoms with E-state index < -0.39 is 48.5 Å². The Balaban J connectivity index is 2.56. The fourth-order valence-corrected chi connectivity index (χ4v) is 1.37. The predicted octanol–water partition coefficient (Wildman–Crippen LogP) is -0.212. The molecule has 0 saturated carbocycles. The maximum Gasteiger partial charge on any atom is 0.326 e. The number of amides is 2. The quantitative estimate of drug-likeness (QED) is 0.644. The highest BCUT2D eigenvalue weighted by molar-refractivity contribution is 5.88.